The van der Waals surface area contributed by atoms with Gasteiger partial charge in [0.05, 0.1) is 21.6 Å². The fourth-order valence-electron chi connectivity index (χ4n) is 2.78. The van der Waals surface area contributed by atoms with Gasteiger partial charge in [-0.25, -0.2) is 8.42 Å². The molecule has 0 spiro atoms. The number of carboxylic acid groups (broad SMARTS) is 1. The first-order valence-corrected chi connectivity index (χ1v) is 9.07. The first kappa shape index (κ1) is 14.9. The van der Waals surface area contributed by atoms with Gasteiger partial charge in [0.1, 0.15) is 0 Å². The fraction of sp³-hybridized carbons (Fsp3) is 0.533. The lowest BCUT2D eigenvalue weighted by Crippen LogP contribution is -2.11. The molecule has 0 aliphatic heterocycles. The number of aliphatic carboxylic acids is 1. The Labute approximate surface area is 129 Å². The minimum absolute atomic E-state index is 0.0652. The number of halogens is 1. The second-order valence-corrected chi connectivity index (χ2v) is 8.58. The zero-order valence-corrected chi connectivity index (χ0v) is 13.0. The smallest absolute Gasteiger partial charge is 0.303 e. The van der Waals surface area contributed by atoms with Crippen LogP contribution in [0.1, 0.15) is 43.6 Å². The number of sulfone groups is 1. The predicted octanol–water partition coefficient (Wildman–Crippen LogP) is 3.24. The Bertz CT molecular complexity index is 675. The SMILES string of the molecule is O=C(O)CC(c1ccc(S(=O)(=O)C2CC2)c(Cl)c1)C1CC1. The summed E-state index contributed by atoms with van der Waals surface area (Å²) in [5, 5.41) is 8.95. The Balaban J connectivity index is 1.91. The van der Waals surface area contributed by atoms with Gasteiger partial charge in [-0.3, -0.25) is 4.79 Å². The quantitative estimate of drug-likeness (QED) is 0.870. The number of hydrogen-bond donors (Lipinski definition) is 1. The van der Waals surface area contributed by atoms with Crippen LogP contribution in [0.4, 0.5) is 0 Å². The standard InChI is InChI=1S/C15H17ClO4S/c16-13-7-10(12(8-15(17)18)9-1-2-9)3-6-14(13)21(19,20)11-4-5-11/h3,6-7,9,11-12H,1-2,4-5,8H2,(H,17,18). The van der Waals surface area contributed by atoms with E-state index in [1.807, 2.05) is 0 Å². The average Bonchev–Trinajstić information content (AvgIpc) is 3.28. The van der Waals surface area contributed by atoms with E-state index < -0.39 is 15.8 Å². The van der Waals surface area contributed by atoms with Crippen LogP contribution in [0.2, 0.25) is 5.02 Å². The highest BCUT2D eigenvalue weighted by molar-refractivity contribution is 7.92. The van der Waals surface area contributed by atoms with E-state index in [1.165, 1.54) is 0 Å². The van der Waals surface area contributed by atoms with Crippen LogP contribution in [0.3, 0.4) is 0 Å². The van der Waals surface area contributed by atoms with Crippen LogP contribution in [0.5, 0.6) is 0 Å². The molecule has 0 bridgehead atoms. The zero-order chi connectivity index (χ0) is 15.2. The van der Waals surface area contributed by atoms with E-state index in [9.17, 15) is 13.2 Å². The number of rotatable bonds is 6. The number of benzene rings is 1. The molecule has 0 saturated heterocycles. The maximum atomic E-state index is 12.2. The highest BCUT2D eigenvalue weighted by atomic mass is 35.5. The van der Waals surface area contributed by atoms with Crippen LogP contribution in [0.25, 0.3) is 0 Å². The fourth-order valence-corrected chi connectivity index (χ4v) is 5.00. The van der Waals surface area contributed by atoms with Gasteiger partial charge in [-0.2, -0.15) is 0 Å². The van der Waals surface area contributed by atoms with Gasteiger partial charge < -0.3 is 5.11 Å². The molecule has 0 radical (unpaired) electrons. The highest BCUT2D eigenvalue weighted by Gasteiger charge is 2.39. The van der Waals surface area contributed by atoms with Gasteiger partial charge in [-0.05, 0) is 55.2 Å². The molecule has 1 N–H and O–H groups in total. The van der Waals surface area contributed by atoms with Gasteiger partial charge in [0, 0.05) is 0 Å². The lowest BCUT2D eigenvalue weighted by Gasteiger charge is -2.16. The van der Waals surface area contributed by atoms with Crippen LogP contribution < -0.4 is 0 Å². The third kappa shape index (κ3) is 3.09. The van der Waals surface area contributed by atoms with Gasteiger partial charge in [0.15, 0.2) is 9.84 Å². The molecule has 114 valence electrons. The minimum atomic E-state index is -3.31. The monoisotopic (exact) mass is 328 g/mol. The summed E-state index contributed by atoms with van der Waals surface area (Å²) in [6.07, 6.45) is 3.51. The van der Waals surface area contributed by atoms with Crippen molar-refractivity contribution in [3.8, 4) is 0 Å². The summed E-state index contributed by atoms with van der Waals surface area (Å²) in [7, 11) is -3.31. The minimum Gasteiger partial charge on any atom is -0.481 e. The molecule has 2 aliphatic rings. The average molecular weight is 329 g/mol. The van der Waals surface area contributed by atoms with Gasteiger partial charge in [-0.15, -0.1) is 0 Å². The van der Waals surface area contributed by atoms with E-state index in [0.717, 1.165) is 18.4 Å². The summed E-state index contributed by atoms with van der Waals surface area (Å²) in [6, 6.07) is 4.92. The lowest BCUT2D eigenvalue weighted by atomic mass is 9.91. The van der Waals surface area contributed by atoms with E-state index in [2.05, 4.69) is 0 Å². The molecule has 21 heavy (non-hydrogen) atoms. The third-order valence-electron chi connectivity index (χ3n) is 4.24. The van der Waals surface area contributed by atoms with Crippen molar-refractivity contribution in [1.29, 1.82) is 0 Å². The van der Waals surface area contributed by atoms with E-state index in [1.54, 1.807) is 18.2 Å². The second kappa shape index (κ2) is 5.29. The van der Waals surface area contributed by atoms with Crippen LogP contribution >= 0.6 is 11.6 Å². The summed E-state index contributed by atoms with van der Waals surface area (Å²) >= 11 is 6.16. The lowest BCUT2D eigenvalue weighted by molar-refractivity contribution is -0.137. The van der Waals surface area contributed by atoms with E-state index >= 15 is 0 Å². The Kier molecular flexibility index (Phi) is 3.74. The predicted molar refractivity (Wildman–Crippen MR) is 79.4 cm³/mol. The molecule has 6 heteroatoms. The summed E-state index contributed by atoms with van der Waals surface area (Å²) < 4.78 is 24.5. The maximum absolute atomic E-state index is 12.2. The molecule has 3 rings (SSSR count). The van der Waals surface area contributed by atoms with Gasteiger partial charge >= 0.3 is 5.97 Å². The Hall–Kier alpha value is -1.07. The molecular formula is C15H17ClO4S. The molecule has 1 atom stereocenters. The first-order chi connectivity index (χ1) is 9.89. The molecule has 2 saturated carbocycles. The summed E-state index contributed by atoms with van der Waals surface area (Å²) in [4.78, 5) is 11.2. The largest absolute Gasteiger partial charge is 0.481 e. The number of carboxylic acids is 1. The van der Waals surface area contributed by atoms with Crippen molar-refractivity contribution in [1.82, 2.24) is 0 Å². The molecule has 1 aromatic rings. The van der Waals surface area contributed by atoms with Crippen molar-refractivity contribution < 1.29 is 18.3 Å². The zero-order valence-electron chi connectivity index (χ0n) is 11.5. The second-order valence-electron chi connectivity index (χ2n) is 5.98. The van der Waals surface area contributed by atoms with Crippen molar-refractivity contribution in [3.05, 3.63) is 28.8 Å². The molecule has 4 nitrogen and oxygen atoms in total. The topological polar surface area (TPSA) is 71.4 Å². The van der Waals surface area contributed by atoms with E-state index in [-0.39, 0.29) is 27.5 Å². The molecule has 2 fully saturated rings. The van der Waals surface area contributed by atoms with Crippen LogP contribution in [0.15, 0.2) is 23.1 Å². The van der Waals surface area contributed by atoms with Crippen molar-refractivity contribution in [2.45, 2.75) is 48.2 Å². The molecule has 0 heterocycles. The summed E-state index contributed by atoms with van der Waals surface area (Å²) in [5.74, 6) is -0.529. The molecular weight excluding hydrogens is 312 g/mol. The van der Waals surface area contributed by atoms with Gasteiger partial charge in [0.2, 0.25) is 0 Å². The van der Waals surface area contributed by atoms with Crippen molar-refractivity contribution in [2.24, 2.45) is 5.92 Å². The highest BCUT2D eigenvalue weighted by Crippen LogP contribution is 2.46. The van der Waals surface area contributed by atoms with Gasteiger partial charge in [0.25, 0.3) is 0 Å². The van der Waals surface area contributed by atoms with Crippen LogP contribution in [-0.2, 0) is 14.6 Å². The van der Waals surface area contributed by atoms with Crippen LogP contribution in [-0.4, -0.2) is 24.7 Å². The molecule has 0 amide bonds. The Morgan fingerprint density at radius 2 is 1.95 bits per heavy atom. The molecule has 0 aromatic heterocycles. The summed E-state index contributed by atoms with van der Waals surface area (Å²) in [6.45, 7) is 0. The maximum Gasteiger partial charge on any atom is 0.303 e. The van der Waals surface area contributed by atoms with Crippen LogP contribution in [0, 0.1) is 5.92 Å². The van der Waals surface area contributed by atoms with E-state index in [4.69, 9.17) is 16.7 Å². The van der Waals surface area contributed by atoms with Gasteiger partial charge in [-0.1, -0.05) is 17.7 Å². The molecule has 1 unspecified atom stereocenters. The normalized spacial score (nSPS) is 20.2. The van der Waals surface area contributed by atoms with Crippen molar-refractivity contribution in [3.63, 3.8) is 0 Å². The van der Waals surface area contributed by atoms with Crippen molar-refractivity contribution >= 4 is 27.4 Å². The number of hydrogen-bond acceptors (Lipinski definition) is 3. The molecule has 1 aromatic carbocycles. The summed E-state index contributed by atoms with van der Waals surface area (Å²) in [5.41, 5.74) is 0.833. The van der Waals surface area contributed by atoms with E-state index in [0.29, 0.717) is 18.8 Å². The third-order valence-corrected chi connectivity index (χ3v) is 6.98. The number of carbonyl (C=O) groups is 1. The Morgan fingerprint density at radius 3 is 2.43 bits per heavy atom. The van der Waals surface area contributed by atoms with Crippen molar-refractivity contribution in [2.75, 3.05) is 0 Å². The first-order valence-electron chi connectivity index (χ1n) is 7.14. The molecule has 2 aliphatic carbocycles. The Morgan fingerprint density at radius 1 is 1.29 bits per heavy atom.